The molecule has 1 amide bonds. The van der Waals surface area contributed by atoms with Crippen LogP contribution in [0, 0.1) is 17.2 Å². The number of methoxy groups -OCH3 is 2. The topological polar surface area (TPSA) is 88.4 Å². The normalized spacial score (nSPS) is 11.2. The largest absolute Gasteiger partial charge is 0.497 e. The Morgan fingerprint density at radius 3 is 2.12 bits per heavy atom. The van der Waals surface area contributed by atoms with E-state index >= 15 is 0 Å². The predicted octanol–water partition coefficient (Wildman–Crippen LogP) is 3.23. The van der Waals surface area contributed by atoms with Gasteiger partial charge in [0.1, 0.15) is 11.5 Å². The molecule has 2 aromatic rings. The highest BCUT2D eigenvalue weighted by atomic mass is 16.5. The maximum absolute atomic E-state index is 12.6. The van der Waals surface area contributed by atoms with E-state index in [0.717, 1.165) is 12.0 Å². The summed E-state index contributed by atoms with van der Waals surface area (Å²) in [6.45, 7) is 2.03. The Morgan fingerprint density at radius 2 is 1.65 bits per heavy atom. The molecule has 0 aliphatic heterocycles. The number of nitriles is 1. The van der Waals surface area contributed by atoms with Crippen molar-refractivity contribution in [3.63, 3.8) is 0 Å². The first kappa shape index (κ1) is 19.0. The zero-order valence-electron chi connectivity index (χ0n) is 14.9. The van der Waals surface area contributed by atoms with E-state index in [-0.39, 0.29) is 5.56 Å². The van der Waals surface area contributed by atoms with E-state index in [9.17, 15) is 14.9 Å². The van der Waals surface area contributed by atoms with Crippen LogP contribution in [0.15, 0.2) is 42.5 Å². The maximum Gasteiger partial charge on any atom is 0.249 e. The number of ketones is 1. The molecule has 0 fully saturated rings. The van der Waals surface area contributed by atoms with E-state index in [1.807, 2.05) is 19.1 Å². The Bertz CT molecular complexity index is 816. The van der Waals surface area contributed by atoms with Gasteiger partial charge in [-0.3, -0.25) is 9.59 Å². The lowest BCUT2D eigenvalue weighted by Gasteiger charge is -2.12. The Kier molecular flexibility index (Phi) is 6.34. The standard InChI is InChI=1S/C20H20N2O4/c1-4-13-5-7-15(8-6-13)22-20(24)18(12-21)19(23)14-9-16(25-2)11-17(10-14)26-3/h5-11,18H,4H2,1-3H3,(H,22,24)/t18-/m1/s1. The fourth-order valence-corrected chi connectivity index (χ4v) is 2.39. The second-order valence-corrected chi connectivity index (χ2v) is 5.57. The van der Waals surface area contributed by atoms with Gasteiger partial charge in [0.25, 0.3) is 0 Å². The summed E-state index contributed by atoms with van der Waals surface area (Å²) in [7, 11) is 2.91. The molecule has 2 rings (SSSR count). The summed E-state index contributed by atoms with van der Waals surface area (Å²) in [6.07, 6.45) is 0.880. The van der Waals surface area contributed by atoms with E-state index in [1.54, 1.807) is 24.3 Å². The number of ether oxygens (including phenoxy) is 2. The van der Waals surface area contributed by atoms with Gasteiger partial charge in [-0.05, 0) is 36.2 Å². The van der Waals surface area contributed by atoms with E-state index in [4.69, 9.17) is 9.47 Å². The van der Waals surface area contributed by atoms with Gasteiger partial charge in [-0.1, -0.05) is 19.1 Å². The molecule has 0 saturated heterocycles. The summed E-state index contributed by atoms with van der Waals surface area (Å²) in [5.41, 5.74) is 1.83. The van der Waals surface area contributed by atoms with Gasteiger partial charge in [0.05, 0.1) is 20.3 Å². The number of hydrogen-bond acceptors (Lipinski definition) is 5. The van der Waals surface area contributed by atoms with Crippen LogP contribution < -0.4 is 14.8 Å². The maximum atomic E-state index is 12.6. The summed E-state index contributed by atoms with van der Waals surface area (Å²) in [5, 5.41) is 12.0. The molecule has 6 heteroatoms. The van der Waals surface area contributed by atoms with E-state index in [2.05, 4.69) is 5.32 Å². The quantitative estimate of drug-likeness (QED) is 0.610. The molecule has 1 atom stereocenters. The van der Waals surface area contributed by atoms with Gasteiger partial charge in [0.2, 0.25) is 5.91 Å². The number of nitrogens with zero attached hydrogens (tertiary/aromatic N) is 1. The number of aryl methyl sites for hydroxylation is 1. The van der Waals surface area contributed by atoms with Crippen LogP contribution in [0.4, 0.5) is 5.69 Å². The smallest absolute Gasteiger partial charge is 0.249 e. The van der Waals surface area contributed by atoms with Crippen LogP contribution in [-0.4, -0.2) is 25.9 Å². The molecule has 0 spiro atoms. The van der Waals surface area contributed by atoms with Crippen LogP contribution in [0.3, 0.4) is 0 Å². The highest BCUT2D eigenvalue weighted by molar-refractivity contribution is 6.15. The molecule has 0 aliphatic carbocycles. The summed E-state index contributed by atoms with van der Waals surface area (Å²) in [5.74, 6) is -1.96. The van der Waals surface area contributed by atoms with Crippen LogP contribution in [-0.2, 0) is 11.2 Å². The van der Waals surface area contributed by atoms with Gasteiger partial charge < -0.3 is 14.8 Å². The molecule has 0 aliphatic rings. The first-order valence-corrected chi connectivity index (χ1v) is 8.09. The zero-order chi connectivity index (χ0) is 19.1. The lowest BCUT2D eigenvalue weighted by Crippen LogP contribution is -2.28. The van der Waals surface area contributed by atoms with Crippen molar-refractivity contribution >= 4 is 17.4 Å². The van der Waals surface area contributed by atoms with Gasteiger partial charge in [-0.2, -0.15) is 5.26 Å². The van der Waals surface area contributed by atoms with Crippen LogP contribution in [0.25, 0.3) is 0 Å². The van der Waals surface area contributed by atoms with Crippen molar-refractivity contribution in [2.24, 2.45) is 5.92 Å². The van der Waals surface area contributed by atoms with Crippen LogP contribution in [0.2, 0.25) is 0 Å². The Balaban J connectivity index is 2.22. The highest BCUT2D eigenvalue weighted by Crippen LogP contribution is 2.24. The number of nitrogens with one attached hydrogen (secondary N) is 1. The SMILES string of the molecule is CCc1ccc(NC(=O)[C@H](C#N)C(=O)c2cc(OC)cc(OC)c2)cc1. The Morgan fingerprint density at radius 1 is 1.08 bits per heavy atom. The van der Waals surface area contributed by atoms with Crippen molar-refractivity contribution in [2.45, 2.75) is 13.3 Å². The molecule has 26 heavy (non-hydrogen) atoms. The molecule has 0 heterocycles. The zero-order valence-corrected chi connectivity index (χ0v) is 14.9. The molecule has 0 aromatic heterocycles. The fourth-order valence-electron chi connectivity index (χ4n) is 2.39. The summed E-state index contributed by atoms with van der Waals surface area (Å²) in [4.78, 5) is 25.1. The molecular formula is C20H20N2O4. The van der Waals surface area contributed by atoms with Crippen molar-refractivity contribution in [3.05, 3.63) is 53.6 Å². The third kappa shape index (κ3) is 4.39. The number of carbonyl (C=O) groups excluding carboxylic acids is 2. The molecule has 134 valence electrons. The number of hydrogen-bond donors (Lipinski definition) is 1. The molecule has 0 unspecified atom stereocenters. The van der Waals surface area contributed by atoms with Crippen molar-refractivity contribution in [3.8, 4) is 17.6 Å². The second kappa shape index (κ2) is 8.67. The van der Waals surface area contributed by atoms with Crippen molar-refractivity contribution in [1.82, 2.24) is 0 Å². The van der Waals surface area contributed by atoms with Crippen LogP contribution in [0.1, 0.15) is 22.8 Å². The van der Waals surface area contributed by atoms with Gasteiger partial charge in [0, 0.05) is 17.3 Å². The second-order valence-electron chi connectivity index (χ2n) is 5.57. The Labute approximate surface area is 152 Å². The number of Topliss-reactive ketones (excluding diaryl/α,β-unsaturated/α-hetero) is 1. The highest BCUT2D eigenvalue weighted by Gasteiger charge is 2.28. The molecule has 0 radical (unpaired) electrons. The molecular weight excluding hydrogens is 332 g/mol. The van der Waals surface area contributed by atoms with Crippen molar-refractivity contribution < 1.29 is 19.1 Å². The third-order valence-corrected chi connectivity index (χ3v) is 3.92. The molecule has 0 bridgehead atoms. The van der Waals surface area contributed by atoms with E-state index in [0.29, 0.717) is 17.2 Å². The van der Waals surface area contributed by atoms with Crippen molar-refractivity contribution in [1.29, 1.82) is 5.26 Å². The third-order valence-electron chi connectivity index (χ3n) is 3.92. The number of carbonyl (C=O) groups is 2. The predicted molar refractivity (Wildman–Crippen MR) is 97.4 cm³/mol. The number of anilines is 1. The van der Waals surface area contributed by atoms with Crippen LogP contribution in [0.5, 0.6) is 11.5 Å². The summed E-state index contributed by atoms with van der Waals surface area (Å²) < 4.78 is 10.2. The van der Waals surface area contributed by atoms with Gasteiger partial charge in [-0.15, -0.1) is 0 Å². The number of rotatable bonds is 7. The Hall–Kier alpha value is -3.33. The van der Waals surface area contributed by atoms with Crippen molar-refractivity contribution in [2.75, 3.05) is 19.5 Å². The molecule has 0 saturated carbocycles. The summed E-state index contributed by atoms with van der Waals surface area (Å²) >= 11 is 0. The number of amides is 1. The molecule has 2 aromatic carbocycles. The fraction of sp³-hybridized carbons (Fsp3) is 0.250. The van der Waals surface area contributed by atoms with Gasteiger partial charge in [0.15, 0.2) is 11.7 Å². The first-order chi connectivity index (χ1) is 12.5. The lowest BCUT2D eigenvalue weighted by molar-refractivity contribution is -0.117. The van der Waals surface area contributed by atoms with Crippen LogP contribution >= 0.6 is 0 Å². The average Bonchev–Trinajstić information content (AvgIpc) is 2.68. The van der Waals surface area contributed by atoms with Gasteiger partial charge in [-0.25, -0.2) is 0 Å². The molecule has 1 N–H and O–H groups in total. The molecule has 6 nitrogen and oxygen atoms in total. The van der Waals surface area contributed by atoms with E-state index < -0.39 is 17.6 Å². The average molecular weight is 352 g/mol. The minimum absolute atomic E-state index is 0.171. The lowest BCUT2D eigenvalue weighted by atomic mass is 9.97. The monoisotopic (exact) mass is 352 g/mol. The summed E-state index contributed by atoms with van der Waals surface area (Å²) in [6, 6.07) is 13.6. The number of benzene rings is 2. The van der Waals surface area contributed by atoms with E-state index in [1.165, 1.54) is 26.4 Å². The van der Waals surface area contributed by atoms with Gasteiger partial charge >= 0.3 is 0 Å². The minimum Gasteiger partial charge on any atom is -0.497 e. The first-order valence-electron chi connectivity index (χ1n) is 8.09. The minimum atomic E-state index is -1.47.